The van der Waals surface area contributed by atoms with Crippen molar-refractivity contribution in [2.45, 2.75) is 23.2 Å². The lowest BCUT2D eigenvalue weighted by atomic mass is 10.2. The lowest BCUT2D eigenvalue weighted by Crippen LogP contribution is -2.31. The molecule has 0 amide bonds. The van der Waals surface area contributed by atoms with Crippen molar-refractivity contribution in [3.63, 3.8) is 0 Å². The van der Waals surface area contributed by atoms with Crippen LogP contribution in [0.25, 0.3) is 11.0 Å². The molecule has 1 unspecified atom stereocenters. The number of thioether (sulfide) groups is 1. The molecule has 1 aromatic carbocycles. The van der Waals surface area contributed by atoms with Crippen LogP contribution in [0.15, 0.2) is 23.4 Å². The molecule has 0 saturated carbocycles. The van der Waals surface area contributed by atoms with Gasteiger partial charge in [-0.2, -0.15) is 0 Å². The molecule has 108 valence electrons. The number of aromatic amines is 1. The predicted molar refractivity (Wildman–Crippen MR) is 81.7 cm³/mol. The van der Waals surface area contributed by atoms with Crippen LogP contribution in [0.3, 0.4) is 0 Å². The summed E-state index contributed by atoms with van der Waals surface area (Å²) in [7, 11) is 0. The summed E-state index contributed by atoms with van der Waals surface area (Å²) >= 11 is 1.71. The minimum absolute atomic E-state index is 0. The fourth-order valence-corrected chi connectivity index (χ4v) is 3.34. The molecule has 2 heterocycles. The molecule has 1 fully saturated rings. The van der Waals surface area contributed by atoms with Crippen LogP contribution in [0.2, 0.25) is 0 Å². The van der Waals surface area contributed by atoms with Gasteiger partial charge >= 0.3 is 0 Å². The van der Waals surface area contributed by atoms with Crippen LogP contribution in [0.1, 0.15) is 12.8 Å². The quantitative estimate of drug-likeness (QED) is 0.672. The Bertz CT molecular complexity index is 613. The fourth-order valence-electron chi connectivity index (χ4n) is 2.22. The number of nitrogens with zero attached hydrogens (tertiary/aromatic N) is 2. The number of hydrogen-bond acceptors (Lipinski definition) is 5. The molecule has 0 bridgehead atoms. The van der Waals surface area contributed by atoms with Gasteiger partial charge in [-0.1, -0.05) is 11.8 Å². The average molecular weight is 315 g/mol. The number of aromatic nitrogens is 2. The number of imidazole rings is 1. The van der Waals surface area contributed by atoms with Gasteiger partial charge in [0, 0.05) is 23.9 Å². The summed E-state index contributed by atoms with van der Waals surface area (Å²) in [5, 5.41) is 15.4. The van der Waals surface area contributed by atoms with E-state index in [2.05, 4.69) is 15.3 Å². The van der Waals surface area contributed by atoms with E-state index in [1.165, 1.54) is 25.0 Å². The number of nitrogens with one attached hydrogen (secondary N) is 2. The Labute approximate surface area is 126 Å². The monoisotopic (exact) mass is 314 g/mol. The number of rotatable bonds is 3. The van der Waals surface area contributed by atoms with Crippen LogP contribution < -0.4 is 5.32 Å². The number of non-ortho nitro benzene ring substituents is 1. The van der Waals surface area contributed by atoms with Gasteiger partial charge < -0.3 is 10.3 Å². The molecule has 1 aliphatic heterocycles. The third kappa shape index (κ3) is 3.23. The van der Waals surface area contributed by atoms with Crippen molar-refractivity contribution in [2.75, 3.05) is 13.1 Å². The van der Waals surface area contributed by atoms with Crippen molar-refractivity contribution in [1.29, 1.82) is 0 Å². The first-order chi connectivity index (χ1) is 9.22. The van der Waals surface area contributed by atoms with Crippen molar-refractivity contribution in [3.8, 4) is 0 Å². The van der Waals surface area contributed by atoms with E-state index in [9.17, 15) is 10.1 Å². The minimum Gasteiger partial charge on any atom is -0.333 e. The summed E-state index contributed by atoms with van der Waals surface area (Å²) in [6, 6.07) is 4.71. The van der Waals surface area contributed by atoms with E-state index < -0.39 is 4.92 Å². The molecule has 3 rings (SSSR count). The normalized spacial score (nSPS) is 18.7. The number of H-pyrrole nitrogens is 1. The van der Waals surface area contributed by atoms with Gasteiger partial charge in [-0.15, -0.1) is 12.4 Å². The van der Waals surface area contributed by atoms with Crippen LogP contribution in [-0.4, -0.2) is 33.2 Å². The van der Waals surface area contributed by atoms with E-state index in [1.54, 1.807) is 17.8 Å². The van der Waals surface area contributed by atoms with Gasteiger partial charge in [-0.25, -0.2) is 4.98 Å². The Morgan fingerprint density at radius 2 is 2.30 bits per heavy atom. The molecule has 1 atom stereocenters. The van der Waals surface area contributed by atoms with Crippen LogP contribution in [0.5, 0.6) is 0 Å². The number of fused-ring (bicyclic) bond motifs is 1. The van der Waals surface area contributed by atoms with Gasteiger partial charge in [-0.05, 0) is 25.5 Å². The zero-order chi connectivity index (χ0) is 13.2. The van der Waals surface area contributed by atoms with Crippen molar-refractivity contribution in [2.24, 2.45) is 0 Å². The zero-order valence-corrected chi connectivity index (χ0v) is 12.3. The number of benzene rings is 1. The average Bonchev–Trinajstić information content (AvgIpc) is 2.80. The molecule has 2 N–H and O–H groups in total. The van der Waals surface area contributed by atoms with E-state index in [0.29, 0.717) is 5.25 Å². The lowest BCUT2D eigenvalue weighted by molar-refractivity contribution is -0.384. The summed E-state index contributed by atoms with van der Waals surface area (Å²) in [5.41, 5.74) is 1.59. The van der Waals surface area contributed by atoms with E-state index in [4.69, 9.17) is 0 Å². The van der Waals surface area contributed by atoms with Crippen LogP contribution >= 0.6 is 24.2 Å². The second kappa shape index (κ2) is 6.43. The molecule has 0 radical (unpaired) electrons. The number of hydrogen-bond donors (Lipinski definition) is 2. The van der Waals surface area contributed by atoms with Gasteiger partial charge in [0.25, 0.3) is 5.69 Å². The number of nitro groups is 1. The van der Waals surface area contributed by atoms with Gasteiger partial charge in [0.1, 0.15) is 0 Å². The highest BCUT2D eigenvalue weighted by Crippen LogP contribution is 2.28. The Morgan fingerprint density at radius 1 is 1.45 bits per heavy atom. The van der Waals surface area contributed by atoms with E-state index >= 15 is 0 Å². The third-order valence-electron chi connectivity index (χ3n) is 3.18. The molecule has 1 saturated heterocycles. The van der Waals surface area contributed by atoms with Crippen LogP contribution in [0, 0.1) is 10.1 Å². The maximum Gasteiger partial charge on any atom is 0.271 e. The highest BCUT2D eigenvalue weighted by Gasteiger charge is 2.17. The highest BCUT2D eigenvalue weighted by atomic mass is 35.5. The number of piperidine rings is 1. The third-order valence-corrected chi connectivity index (χ3v) is 4.34. The zero-order valence-electron chi connectivity index (χ0n) is 10.7. The summed E-state index contributed by atoms with van der Waals surface area (Å²) < 4.78 is 0. The smallest absolute Gasteiger partial charge is 0.271 e. The largest absolute Gasteiger partial charge is 0.333 e. The fraction of sp³-hybridized carbons (Fsp3) is 0.417. The first kappa shape index (κ1) is 15.1. The molecule has 6 nitrogen and oxygen atoms in total. The Hall–Kier alpha value is -1.31. The van der Waals surface area contributed by atoms with Gasteiger partial charge in [-0.3, -0.25) is 10.1 Å². The molecular formula is C12H15ClN4O2S. The van der Waals surface area contributed by atoms with Crippen molar-refractivity contribution in [1.82, 2.24) is 15.3 Å². The molecular weight excluding hydrogens is 300 g/mol. The summed E-state index contributed by atoms with van der Waals surface area (Å²) in [4.78, 5) is 18.0. The SMILES string of the molecule is Cl.O=[N+]([O-])c1ccc2nc(SC3CCCNC3)[nH]c2c1. The van der Waals surface area contributed by atoms with Crippen molar-refractivity contribution in [3.05, 3.63) is 28.3 Å². The Balaban J connectivity index is 0.00000147. The second-order valence-corrected chi connectivity index (χ2v) is 5.88. The van der Waals surface area contributed by atoms with Gasteiger partial charge in [0.2, 0.25) is 0 Å². The summed E-state index contributed by atoms with van der Waals surface area (Å²) in [5.74, 6) is 0. The second-order valence-electron chi connectivity index (χ2n) is 4.59. The molecule has 20 heavy (non-hydrogen) atoms. The van der Waals surface area contributed by atoms with E-state index in [-0.39, 0.29) is 18.1 Å². The number of nitro benzene ring substituents is 1. The lowest BCUT2D eigenvalue weighted by Gasteiger charge is -2.20. The maximum absolute atomic E-state index is 10.7. The predicted octanol–water partition coefficient (Wildman–Crippen LogP) is 2.74. The standard InChI is InChI=1S/C12H14N4O2S.ClH/c17-16(18)8-3-4-10-11(6-8)15-12(14-10)19-9-2-1-5-13-7-9;/h3-4,6,9,13H,1-2,5,7H2,(H,14,15);1H. The van der Waals surface area contributed by atoms with Crippen molar-refractivity contribution >= 4 is 40.9 Å². The topological polar surface area (TPSA) is 83.8 Å². The Morgan fingerprint density at radius 3 is 3.00 bits per heavy atom. The molecule has 1 aliphatic rings. The van der Waals surface area contributed by atoms with Crippen LogP contribution in [0.4, 0.5) is 5.69 Å². The maximum atomic E-state index is 10.7. The highest BCUT2D eigenvalue weighted by molar-refractivity contribution is 7.99. The molecule has 0 spiro atoms. The summed E-state index contributed by atoms with van der Waals surface area (Å²) in [6.45, 7) is 2.07. The van der Waals surface area contributed by atoms with Gasteiger partial charge in [0.05, 0.1) is 16.0 Å². The first-order valence-electron chi connectivity index (χ1n) is 6.24. The van der Waals surface area contributed by atoms with E-state index in [1.807, 2.05) is 0 Å². The molecule has 8 heteroatoms. The molecule has 0 aliphatic carbocycles. The first-order valence-corrected chi connectivity index (χ1v) is 7.12. The Kier molecular flexibility index (Phi) is 4.85. The molecule has 1 aromatic heterocycles. The molecule has 2 aromatic rings. The number of halogens is 1. The van der Waals surface area contributed by atoms with Crippen molar-refractivity contribution < 1.29 is 4.92 Å². The van der Waals surface area contributed by atoms with Crippen LogP contribution in [-0.2, 0) is 0 Å². The van der Waals surface area contributed by atoms with Gasteiger partial charge in [0.15, 0.2) is 5.16 Å². The summed E-state index contributed by atoms with van der Waals surface area (Å²) in [6.07, 6.45) is 2.36. The minimum atomic E-state index is -0.391. The van der Waals surface area contributed by atoms with E-state index in [0.717, 1.165) is 29.3 Å².